The molecule has 1 N–H and O–H groups in total. The highest BCUT2D eigenvalue weighted by Crippen LogP contribution is 2.26. The fraction of sp³-hybridized carbons (Fsp3) is 1.00. The first-order valence-corrected chi connectivity index (χ1v) is 5.15. The second kappa shape index (κ2) is 3.58. The van der Waals surface area contributed by atoms with Crippen molar-refractivity contribution in [2.45, 2.75) is 40.7 Å². The van der Waals surface area contributed by atoms with Crippen molar-refractivity contribution >= 4 is 0 Å². The van der Waals surface area contributed by atoms with Gasteiger partial charge >= 0.3 is 0 Å². The van der Waals surface area contributed by atoms with Gasteiger partial charge in [0.15, 0.2) is 0 Å². The van der Waals surface area contributed by atoms with Crippen molar-refractivity contribution in [2.24, 2.45) is 10.8 Å². The van der Waals surface area contributed by atoms with Crippen LogP contribution in [0.25, 0.3) is 0 Å². The van der Waals surface area contributed by atoms with Crippen LogP contribution in [0.1, 0.15) is 34.6 Å². The molecule has 0 radical (unpaired) electrons. The van der Waals surface area contributed by atoms with Gasteiger partial charge in [-0.1, -0.05) is 27.7 Å². The van der Waals surface area contributed by atoms with E-state index in [1.807, 2.05) is 0 Å². The first kappa shape index (κ1) is 11.0. The standard InChI is InChI=1S/C11H23NO/c1-9(10(2,3)4)12-6-11(5)7-13-8-11/h9,12H,6-8H2,1-5H3. The Morgan fingerprint density at radius 1 is 1.38 bits per heavy atom. The Labute approximate surface area is 82.0 Å². The SMILES string of the molecule is CC(NCC1(C)COC1)C(C)(C)C. The summed E-state index contributed by atoms with van der Waals surface area (Å²) in [6, 6.07) is 0.560. The van der Waals surface area contributed by atoms with Crippen molar-refractivity contribution in [1.29, 1.82) is 0 Å². The lowest BCUT2D eigenvalue weighted by Gasteiger charge is -2.40. The summed E-state index contributed by atoms with van der Waals surface area (Å²) in [4.78, 5) is 0. The van der Waals surface area contributed by atoms with E-state index >= 15 is 0 Å². The van der Waals surface area contributed by atoms with Gasteiger partial charge in [0, 0.05) is 18.0 Å². The summed E-state index contributed by atoms with van der Waals surface area (Å²) < 4.78 is 5.22. The summed E-state index contributed by atoms with van der Waals surface area (Å²) in [6.07, 6.45) is 0. The van der Waals surface area contributed by atoms with E-state index in [0.29, 0.717) is 16.9 Å². The molecular formula is C11H23NO. The molecule has 0 bridgehead atoms. The second-order valence-corrected chi connectivity index (χ2v) is 5.77. The lowest BCUT2D eigenvalue weighted by atomic mass is 9.85. The molecule has 0 aromatic rings. The van der Waals surface area contributed by atoms with E-state index in [4.69, 9.17) is 4.74 Å². The van der Waals surface area contributed by atoms with Crippen LogP contribution < -0.4 is 5.32 Å². The summed E-state index contributed by atoms with van der Waals surface area (Å²) in [5.74, 6) is 0. The molecule has 1 unspecified atom stereocenters. The van der Waals surface area contributed by atoms with Gasteiger partial charge in [0.1, 0.15) is 0 Å². The van der Waals surface area contributed by atoms with E-state index in [9.17, 15) is 0 Å². The minimum atomic E-state index is 0.348. The van der Waals surface area contributed by atoms with Gasteiger partial charge in [-0.3, -0.25) is 0 Å². The van der Waals surface area contributed by atoms with E-state index < -0.39 is 0 Å². The molecule has 0 aromatic carbocycles. The van der Waals surface area contributed by atoms with Gasteiger partial charge in [0.2, 0.25) is 0 Å². The highest BCUT2D eigenvalue weighted by Gasteiger charge is 2.34. The van der Waals surface area contributed by atoms with Gasteiger partial charge in [0.25, 0.3) is 0 Å². The second-order valence-electron chi connectivity index (χ2n) is 5.77. The molecule has 0 spiro atoms. The third kappa shape index (κ3) is 2.96. The third-order valence-corrected chi connectivity index (χ3v) is 3.04. The van der Waals surface area contributed by atoms with Crippen LogP contribution in [-0.4, -0.2) is 25.8 Å². The first-order chi connectivity index (χ1) is 5.83. The molecule has 1 rings (SSSR count). The van der Waals surface area contributed by atoms with Gasteiger partial charge in [0.05, 0.1) is 13.2 Å². The van der Waals surface area contributed by atoms with Crippen LogP contribution in [0.5, 0.6) is 0 Å². The monoisotopic (exact) mass is 185 g/mol. The summed E-state index contributed by atoms with van der Waals surface area (Å²) in [7, 11) is 0. The minimum absolute atomic E-state index is 0.348. The first-order valence-electron chi connectivity index (χ1n) is 5.15. The van der Waals surface area contributed by atoms with Gasteiger partial charge in [-0.25, -0.2) is 0 Å². The van der Waals surface area contributed by atoms with Crippen LogP contribution in [0.2, 0.25) is 0 Å². The third-order valence-electron chi connectivity index (χ3n) is 3.04. The van der Waals surface area contributed by atoms with Crippen molar-refractivity contribution in [3.8, 4) is 0 Å². The summed E-state index contributed by atoms with van der Waals surface area (Å²) in [5.41, 5.74) is 0.737. The van der Waals surface area contributed by atoms with E-state index in [-0.39, 0.29) is 0 Å². The largest absolute Gasteiger partial charge is 0.380 e. The maximum Gasteiger partial charge on any atom is 0.0554 e. The van der Waals surface area contributed by atoms with Crippen molar-refractivity contribution in [1.82, 2.24) is 5.32 Å². The quantitative estimate of drug-likeness (QED) is 0.726. The highest BCUT2D eigenvalue weighted by atomic mass is 16.5. The van der Waals surface area contributed by atoms with Crippen LogP contribution in [0.4, 0.5) is 0 Å². The topological polar surface area (TPSA) is 21.3 Å². The Morgan fingerprint density at radius 3 is 2.23 bits per heavy atom. The van der Waals surface area contributed by atoms with E-state index in [1.54, 1.807) is 0 Å². The Hall–Kier alpha value is -0.0800. The number of nitrogens with one attached hydrogen (secondary N) is 1. The molecular weight excluding hydrogens is 162 g/mol. The molecule has 1 heterocycles. The molecule has 1 aliphatic heterocycles. The molecule has 1 atom stereocenters. The average molecular weight is 185 g/mol. The Bertz CT molecular complexity index is 167. The average Bonchev–Trinajstić information content (AvgIpc) is 1.94. The Kier molecular flexibility index (Phi) is 3.03. The van der Waals surface area contributed by atoms with Gasteiger partial charge in [-0.15, -0.1) is 0 Å². The molecule has 1 aliphatic rings. The van der Waals surface area contributed by atoms with Crippen LogP contribution in [0.15, 0.2) is 0 Å². The van der Waals surface area contributed by atoms with Gasteiger partial charge < -0.3 is 10.1 Å². The van der Waals surface area contributed by atoms with Crippen LogP contribution in [-0.2, 0) is 4.74 Å². The lowest BCUT2D eigenvalue weighted by Crippen LogP contribution is -2.51. The predicted molar refractivity (Wildman–Crippen MR) is 55.8 cm³/mol. The Morgan fingerprint density at radius 2 is 1.92 bits per heavy atom. The molecule has 2 nitrogen and oxygen atoms in total. The zero-order valence-corrected chi connectivity index (χ0v) is 9.61. The number of rotatable bonds is 3. The number of hydrogen-bond acceptors (Lipinski definition) is 2. The van der Waals surface area contributed by atoms with E-state index in [2.05, 4.69) is 39.9 Å². The minimum Gasteiger partial charge on any atom is -0.380 e. The van der Waals surface area contributed by atoms with Crippen LogP contribution in [0, 0.1) is 10.8 Å². The molecule has 13 heavy (non-hydrogen) atoms. The molecule has 0 amide bonds. The molecule has 78 valence electrons. The maximum absolute atomic E-state index is 5.22. The maximum atomic E-state index is 5.22. The fourth-order valence-electron chi connectivity index (χ4n) is 1.26. The normalized spacial score (nSPS) is 23.8. The van der Waals surface area contributed by atoms with E-state index in [1.165, 1.54) is 0 Å². The lowest BCUT2D eigenvalue weighted by molar-refractivity contribution is -0.101. The zero-order valence-electron chi connectivity index (χ0n) is 9.61. The smallest absolute Gasteiger partial charge is 0.0554 e. The van der Waals surface area contributed by atoms with Gasteiger partial charge in [-0.05, 0) is 12.3 Å². The molecule has 0 aromatic heterocycles. The highest BCUT2D eigenvalue weighted by molar-refractivity contribution is 4.86. The summed E-state index contributed by atoms with van der Waals surface area (Å²) in [6.45, 7) is 14.2. The van der Waals surface area contributed by atoms with E-state index in [0.717, 1.165) is 19.8 Å². The number of hydrogen-bond donors (Lipinski definition) is 1. The zero-order chi connectivity index (χ0) is 10.1. The van der Waals surface area contributed by atoms with Crippen molar-refractivity contribution < 1.29 is 4.74 Å². The predicted octanol–water partition coefficient (Wildman–Crippen LogP) is 2.05. The summed E-state index contributed by atoms with van der Waals surface area (Å²) >= 11 is 0. The summed E-state index contributed by atoms with van der Waals surface area (Å²) in [5, 5.41) is 3.58. The van der Waals surface area contributed by atoms with Crippen LogP contribution in [0.3, 0.4) is 0 Å². The number of ether oxygens (including phenoxy) is 1. The molecule has 2 heteroatoms. The van der Waals surface area contributed by atoms with Crippen molar-refractivity contribution in [3.05, 3.63) is 0 Å². The molecule has 0 aliphatic carbocycles. The van der Waals surface area contributed by atoms with Gasteiger partial charge in [-0.2, -0.15) is 0 Å². The van der Waals surface area contributed by atoms with Crippen molar-refractivity contribution in [3.63, 3.8) is 0 Å². The Balaban J connectivity index is 2.26. The molecule has 1 saturated heterocycles. The van der Waals surface area contributed by atoms with Crippen LogP contribution >= 0.6 is 0 Å². The molecule has 0 saturated carbocycles. The molecule has 1 fully saturated rings. The van der Waals surface area contributed by atoms with Crippen molar-refractivity contribution in [2.75, 3.05) is 19.8 Å². The fourth-order valence-corrected chi connectivity index (χ4v) is 1.26.